The van der Waals surface area contributed by atoms with Gasteiger partial charge in [0, 0.05) is 11.8 Å². The van der Waals surface area contributed by atoms with Crippen molar-refractivity contribution in [3.05, 3.63) is 28.5 Å². The van der Waals surface area contributed by atoms with Gasteiger partial charge < -0.3 is 5.73 Å². The maximum absolute atomic E-state index is 13.6. The highest BCUT2D eigenvalue weighted by molar-refractivity contribution is 7.90. The van der Waals surface area contributed by atoms with Gasteiger partial charge >= 0.3 is 0 Å². The quantitative estimate of drug-likeness (QED) is 0.891. The molecule has 0 heterocycles. The van der Waals surface area contributed by atoms with Crippen LogP contribution in [0.5, 0.6) is 0 Å². The summed E-state index contributed by atoms with van der Waals surface area (Å²) in [5, 5.41) is -0.143. The van der Waals surface area contributed by atoms with Crippen LogP contribution in [0.1, 0.15) is 19.4 Å². The minimum atomic E-state index is -3.67. The van der Waals surface area contributed by atoms with Gasteiger partial charge in [-0.05, 0) is 31.5 Å². The summed E-state index contributed by atoms with van der Waals surface area (Å²) >= 11 is 5.75. The summed E-state index contributed by atoms with van der Waals surface area (Å²) in [4.78, 5) is -0.484. The first-order valence-electron chi connectivity index (χ1n) is 4.52. The number of rotatable bonds is 2. The van der Waals surface area contributed by atoms with E-state index in [9.17, 15) is 12.8 Å². The van der Waals surface area contributed by atoms with Crippen LogP contribution in [0.2, 0.25) is 5.02 Å². The molecule has 1 aromatic carbocycles. The second kappa shape index (κ2) is 3.98. The molecule has 1 aromatic rings. The molecule has 0 aromatic heterocycles. The molecule has 1 rings (SSSR count). The van der Waals surface area contributed by atoms with Crippen molar-refractivity contribution in [1.29, 1.82) is 0 Å². The first kappa shape index (κ1) is 13.4. The van der Waals surface area contributed by atoms with Crippen molar-refractivity contribution < 1.29 is 12.8 Å². The fourth-order valence-electron chi connectivity index (χ4n) is 1.29. The molecule has 0 aliphatic heterocycles. The minimum Gasteiger partial charge on any atom is -0.322 e. The zero-order chi connectivity index (χ0) is 12.7. The van der Waals surface area contributed by atoms with E-state index >= 15 is 0 Å². The van der Waals surface area contributed by atoms with Gasteiger partial charge in [0.15, 0.2) is 9.84 Å². The van der Waals surface area contributed by atoms with Crippen molar-refractivity contribution in [3.63, 3.8) is 0 Å². The van der Waals surface area contributed by atoms with Gasteiger partial charge in [0.25, 0.3) is 0 Å². The summed E-state index contributed by atoms with van der Waals surface area (Å²) in [5.41, 5.74) is 5.45. The number of hydrogen-bond donors (Lipinski definition) is 1. The lowest BCUT2D eigenvalue weighted by atomic mass is 9.96. The van der Waals surface area contributed by atoms with Gasteiger partial charge in [0.2, 0.25) is 0 Å². The third-order valence-corrected chi connectivity index (χ3v) is 3.68. The van der Waals surface area contributed by atoms with E-state index in [2.05, 4.69) is 0 Å². The van der Waals surface area contributed by atoms with E-state index in [-0.39, 0.29) is 5.02 Å². The van der Waals surface area contributed by atoms with Crippen molar-refractivity contribution in [2.45, 2.75) is 24.3 Å². The summed E-state index contributed by atoms with van der Waals surface area (Å²) in [6.45, 7) is 3.36. The molecule has 2 N–H and O–H groups in total. The smallest absolute Gasteiger partial charge is 0.179 e. The van der Waals surface area contributed by atoms with E-state index in [4.69, 9.17) is 17.3 Å². The molecule has 0 fully saturated rings. The van der Waals surface area contributed by atoms with E-state index in [0.717, 1.165) is 12.3 Å². The van der Waals surface area contributed by atoms with Gasteiger partial charge in [-0.25, -0.2) is 12.8 Å². The molecule has 16 heavy (non-hydrogen) atoms. The van der Waals surface area contributed by atoms with Crippen LogP contribution in [0.25, 0.3) is 0 Å². The van der Waals surface area contributed by atoms with Gasteiger partial charge in [-0.2, -0.15) is 0 Å². The summed E-state index contributed by atoms with van der Waals surface area (Å²) in [5.74, 6) is -0.872. The average molecular weight is 266 g/mol. The lowest BCUT2D eigenvalue weighted by molar-refractivity contribution is 0.533. The van der Waals surface area contributed by atoms with Gasteiger partial charge in [-0.3, -0.25) is 0 Å². The lowest BCUT2D eigenvalue weighted by Gasteiger charge is -2.20. The molecular weight excluding hydrogens is 253 g/mol. The number of hydrogen-bond acceptors (Lipinski definition) is 3. The SMILES string of the molecule is CC(C)(N)c1cc(F)c(S(C)(=O)=O)c(Cl)c1. The van der Waals surface area contributed by atoms with Gasteiger partial charge in [-0.15, -0.1) is 0 Å². The molecule has 0 unspecified atom stereocenters. The first-order valence-corrected chi connectivity index (χ1v) is 6.79. The molecule has 6 heteroatoms. The molecule has 0 spiro atoms. The van der Waals surface area contributed by atoms with Crippen LogP contribution in [-0.2, 0) is 15.4 Å². The Balaban J connectivity index is 3.53. The van der Waals surface area contributed by atoms with Crippen molar-refractivity contribution in [1.82, 2.24) is 0 Å². The van der Waals surface area contributed by atoms with Crippen molar-refractivity contribution in [2.24, 2.45) is 5.73 Å². The Morgan fingerprint density at radius 2 is 1.88 bits per heavy atom. The highest BCUT2D eigenvalue weighted by atomic mass is 35.5. The molecule has 0 bridgehead atoms. The summed E-state index contributed by atoms with van der Waals surface area (Å²) in [6.07, 6.45) is 0.907. The van der Waals surface area contributed by atoms with Crippen LogP contribution >= 0.6 is 11.6 Å². The summed E-state index contributed by atoms with van der Waals surface area (Å²) in [7, 11) is -3.67. The Morgan fingerprint density at radius 1 is 1.38 bits per heavy atom. The van der Waals surface area contributed by atoms with Crippen molar-refractivity contribution >= 4 is 21.4 Å². The first-order chi connectivity index (χ1) is 7.03. The fraction of sp³-hybridized carbons (Fsp3) is 0.400. The number of sulfone groups is 1. The molecule has 0 aliphatic rings. The summed E-state index contributed by atoms with van der Waals surface area (Å²) in [6, 6.07) is 2.48. The molecule has 0 atom stereocenters. The maximum atomic E-state index is 13.6. The Labute approximate surface area is 99.3 Å². The predicted molar refractivity (Wildman–Crippen MR) is 61.7 cm³/mol. The van der Waals surface area contributed by atoms with Crippen LogP contribution in [-0.4, -0.2) is 14.7 Å². The Hall–Kier alpha value is -0.650. The zero-order valence-electron chi connectivity index (χ0n) is 9.21. The van der Waals surface area contributed by atoms with Crippen molar-refractivity contribution in [2.75, 3.05) is 6.26 Å². The third kappa shape index (κ3) is 2.72. The van der Waals surface area contributed by atoms with Crippen LogP contribution in [0.4, 0.5) is 4.39 Å². The number of benzene rings is 1. The van der Waals surface area contributed by atoms with E-state index in [1.165, 1.54) is 6.07 Å². The second-order valence-electron chi connectivity index (χ2n) is 4.26. The van der Waals surface area contributed by atoms with E-state index in [1.54, 1.807) is 13.8 Å². The van der Waals surface area contributed by atoms with Gasteiger partial charge in [0.05, 0.1) is 5.02 Å². The monoisotopic (exact) mass is 265 g/mol. The molecule has 90 valence electrons. The van der Waals surface area contributed by atoms with Crippen molar-refractivity contribution in [3.8, 4) is 0 Å². The zero-order valence-corrected chi connectivity index (χ0v) is 10.8. The molecule has 0 amide bonds. The van der Waals surface area contributed by atoms with E-state index in [0.29, 0.717) is 5.56 Å². The maximum Gasteiger partial charge on any atom is 0.179 e. The molecule has 3 nitrogen and oxygen atoms in total. The molecule has 0 saturated carbocycles. The topological polar surface area (TPSA) is 60.2 Å². The van der Waals surface area contributed by atoms with Crippen LogP contribution < -0.4 is 5.73 Å². The summed E-state index contributed by atoms with van der Waals surface area (Å²) < 4.78 is 36.2. The average Bonchev–Trinajstić information content (AvgIpc) is 1.97. The Morgan fingerprint density at radius 3 is 2.19 bits per heavy atom. The normalized spacial score (nSPS) is 12.9. The highest BCUT2D eigenvalue weighted by Crippen LogP contribution is 2.29. The lowest BCUT2D eigenvalue weighted by Crippen LogP contribution is -2.29. The van der Waals surface area contributed by atoms with Crippen LogP contribution in [0.15, 0.2) is 17.0 Å². The molecule has 0 aliphatic carbocycles. The third-order valence-electron chi connectivity index (χ3n) is 2.11. The highest BCUT2D eigenvalue weighted by Gasteiger charge is 2.23. The van der Waals surface area contributed by atoms with Crippen LogP contribution in [0.3, 0.4) is 0 Å². The standard InChI is InChI=1S/C10H13ClFNO2S/c1-10(2,13)6-4-7(11)9(8(12)5-6)16(3,14)15/h4-5H,13H2,1-3H3. The molecular formula is C10H13ClFNO2S. The van der Waals surface area contributed by atoms with Crippen LogP contribution in [0, 0.1) is 5.82 Å². The van der Waals surface area contributed by atoms with Gasteiger partial charge in [0.1, 0.15) is 10.7 Å². The second-order valence-corrected chi connectivity index (χ2v) is 6.62. The predicted octanol–water partition coefficient (Wildman–Crippen LogP) is 2.08. The number of nitrogens with two attached hydrogens (primary N) is 1. The minimum absolute atomic E-state index is 0.143. The number of halogens is 2. The molecule has 0 radical (unpaired) electrons. The molecule has 0 saturated heterocycles. The Bertz CT molecular complexity index is 497. The largest absolute Gasteiger partial charge is 0.322 e. The van der Waals surface area contributed by atoms with E-state index < -0.39 is 26.1 Å². The fourth-order valence-corrected chi connectivity index (χ4v) is 2.74. The Kier molecular flexibility index (Phi) is 3.34. The van der Waals surface area contributed by atoms with E-state index in [1.807, 2.05) is 0 Å². The van der Waals surface area contributed by atoms with Gasteiger partial charge in [-0.1, -0.05) is 11.6 Å².